The molecule has 3 aliphatic heterocycles. The van der Waals surface area contributed by atoms with E-state index in [-0.39, 0.29) is 35.8 Å². The number of imide groups is 2. The maximum Gasteiger partial charge on any atom is 0.262 e. The SMILES string of the molecule is CCOC(COC1CCN(c2cc3c(cc2F)C(=O)N(C2CCC(=O)NC2=O)C3=O)CC1)OCC. The number of nitrogens with zero attached hydrogens (tertiary/aromatic N) is 2. The van der Waals surface area contributed by atoms with Gasteiger partial charge >= 0.3 is 0 Å². The number of halogens is 1. The van der Waals surface area contributed by atoms with Crippen LogP contribution in [0.3, 0.4) is 0 Å². The number of rotatable bonds is 9. The van der Waals surface area contributed by atoms with Crippen molar-refractivity contribution in [3.05, 3.63) is 29.1 Å². The summed E-state index contributed by atoms with van der Waals surface area (Å²) in [5.74, 6) is -3.14. The highest BCUT2D eigenvalue weighted by molar-refractivity contribution is 6.23. The van der Waals surface area contributed by atoms with E-state index in [0.717, 1.165) is 11.0 Å². The minimum atomic E-state index is -1.09. The van der Waals surface area contributed by atoms with Crippen molar-refractivity contribution in [2.24, 2.45) is 0 Å². The fourth-order valence-electron chi connectivity index (χ4n) is 4.72. The molecular formula is C24H30FN3O7. The van der Waals surface area contributed by atoms with Gasteiger partial charge in [0, 0.05) is 32.7 Å². The highest BCUT2D eigenvalue weighted by Crippen LogP contribution is 2.33. The summed E-state index contributed by atoms with van der Waals surface area (Å²) in [6.07, 6.45) is 0.919. The number of hydrogen-bond donors (Lipinski definition) is 1. The summed E-state index contributed by atoms with van der Waals surface area (Å²) >= 11 is 0. The second-order valence-electron chi connectivity index (χ2n) is 8.66. The normalized spacial score (nSPS) is 21.2. The third kappa shape index (κ3) is 5.21. The van der Waals surface area contributed by atoms with Gasteiger partial charge < -0.3 is 19.1 Å². The number of carbonyl (C=O) groups excluding carboxylic acids is 4. The number of benzene rings is 1. The van der Waals surface area contributed by atoms with Gasteiger partial charge in [-0.25, -0.2) is 4.39 Å². The predicted molar refractivity (Wildman–Crippen MR) is 121 cm³/mol. The zero-order chi connectivity index (χ0) is 25.1. The van der Waals surface area contributed by atoms with E-state index in [1.54, 1.807) is 0 Å². The van der Waals surface area contributed by atoms with Crippen LogP contribution in [0.1, 0.15) is 60.2 Å². The molecule has 1 aromatic rings. The minimum Gasteiger partial charge on any atom is -0.373 e. The topological polar surface area (TPSA) is 114 Å². The Labute approximate surface area is 202 Å². The van der Waals surface area contributed by atoms with Crippen LogP contribution >= 0.6 is 0 Å². The Balaban J connectivity index is 1.42. The fourth-order valence-corrected chi connectivity index (χ4v) is 4.72. The lowest BCUT2D eigenvalue weighted by atomic mass is 10.0. The maximum atomic E-state index is 15.0. The first-order valence-corrected chi connectivity index (χ1v) is 12.0. The third-order valence-electron chi connectivity index (χ3n) is 6.46. The van der Waals surface area contributed by atoms with Crippen LogP contribution in [-0.2, 0) is 23.8 Å². The number of nitrogens with one attached hydrogen (secondary N) is 1. The monoisotopic (exact) mass is 491 g/mol. The zero-order valence-corrected chi connectivity index (χ0v) is 19.9. The molecule has 0 radical (unpaired) electrons. The van der Waals surface area contributed by atoms with Crippen molar-refractivity contribution in [3.63, 3.8) is 0 Å². The second kappa shape index (κ2) is 10.8. The van der Waals surface area contributed by atoms with E-state index in [1.165, 1.54) is 6.07 Å². The van der Waals surface area contributed by atoms with E-state index in [0.29, 0.717) is 45.8 Å². The van der Waals surface area contributed by atoms with Crippen molar-refractivity contribution in [1.82, 2.24) is 10.2 Å². The third-order valence-corrected chi connectivity index (χ3v) is 6.46. The first-order chi connectivity index (χ1) is 16.8. The zero-order valence-electron chi connectivity index (χ0n) is 19.9. The Kier molecular flexibility index (Phi) is 7.78. The van der Waals surface area contributed by atoms with E-state index in [1.807, 2.05) is 18.7 Å². The van der Waals surface area contributed by atoms with Crippen LogP contribution in [0.4, 0.5) is 10.1 Å². The smallest absolute Gasteiger partial charge is 0.262 e. The number of ether oxygens (including phenoxy) is 3. The highest BCUT2D eigenvalue weighted by Gasteiger charge is 2.45. The first-order valence-electron chi connectivity index (χ1n) is 12.0. The Morgan fingerprint density at radius 3 is 2.23 bits per heavy atom. The summed E-state index contributed by atoms with van der Waals surface area (Å²) in [6, 6.07) is 1.36. The quantitative estimate of drug-likeness (QED) is 0.409. The molecule has 0 spiro atoms. The van der Waals surface area contributed by atoms with Gasteiger partial charge in [-0.2, -0.15) is 0 Å². The van der Waals surface area contributed by atoms with Crippen molar-refractivity contribution in [1.29, 1.82) is 0 Å². The summed E-state index contributed by atoms with van der Waals surface area (Å²) in [4.78, 5) is 52.2. The van der Waals surface area contributed by atoms with E-state index >= 15 is 4.39 Å². The number of fused-ring (bicyclic) bond motifs is 1. The molecular weight excluding hydrogens is 461 g/mol. The molecule has 4 amide bonds. The van der Waals surface area contributed by atoms with E-state index in [9.17, 15) is 19.2 Å². The lowest BCUT2D eigenvalue weighted by molar-refractivity contribution is -0.177. The van der Waals surface area contributed by atoms with Gasteiger partial charge in [0.15, 0.2) is 6.29 Å². The first kappa shape index (κ1) is 25.2. The van der Waals surface area contributed by atoms with Gasteiger partial charge in [-0.05, 0) is 45.2 Å². The lowest BCUT2D eigenvalue weighted by Gasteiger charge is -2.34. The largest absolute Gasteiger partial charge is 0.373 e. The summed E-state index contributed by atoms with van der Waals surface area (Å²) in [5, 5.41) is 2.15. The van der Waals surface area contributed by atoms with Gasteiger partial charge in [0.2, 0.25) is 11.8 Å². The van der Waals surface area contributed by atoms with Crippen LogP contribution in [0.5, 0.6) is 0 Å². The molecule has 0 aromatic heterocycles. The number of hydrogen-bond acceptors (Lipinski definition) is 8. The van der Waals surface area contributed by atoms with Crippen molar-refractivity contribution < 1.29 is 37.8 Å². The van der Waals surface area contributed by atoms with Crippen LogP contribution in [0.2, 0.25) is 0 Å². The van der Waals surface area contributed by atoms with Crippen LogP contribution in [0, 0.1) is 5.82 Å². The molecule has 3 heterocycles. The van der Waals surface area contributed by atoms with Gasteiger partial charge in [0.05, 0.1) is 29.5 Å². The molecule has 11 heteroatoms. The molecule has 0 bridgehead atoms. The Morgan fingerprint density at radius 2 is 1.63 bits per heavy atom. The number of piperidine rings is 2. The van der Waals surface area contributed by atoms with E-state index < -0.39 is 41.8 Å². The van der Waals surface area contributed by atoms with Crippen LogP contribution in [-0.4, -0.2) is 79.9 Å². The number of amides is 4. The summed E-state index contributed by atoms with van der Waals surface area (Å²) < 4.78 is 32.0. The molecule has 1 N–H and O–H groups in total. The van der Waals surface area contributed by atoms with Crippen molar-refractivity contribution >= 4 is 29.3 Å². The van der Waals surface area contributed by atoms with Gasteiger partial charge in [0.25, 0.3) is 11.8 Å². The van der Waals surface area contributed by atoms with Gasteiger partial charge in [-0.15, -0.1) is 0 Å². The van der Waals surface area contributed by atoms with Crippen molar-refractivity contribution in [2.75, 3.05) is 37.8 Å². The van der Waals surface area contributed by atoms with E-state index in [2.05, 4.69) is 5.32 Å². The fraction of sp³-hybridized carbons (Fsp3) is 0.583. The molecule has 2 fully saturated rings. The standard InChI is InChI=1S/C24H30FN3O7/c1-3-33-21(34-4-2)13-35-14-7-9-27(10-8-14)19-12-16-15(11-17(19)25)23(31)28(24(16)32)18-5-6-20(29)26-22(18)30/h11-12,14,18,21H,3-10,13H2,1-2H3,(H,26,29,30). The van der Waals surface area contributed by atoms with Gasteiger partial charge in [-0.3, -0.25) is 29.4 Å². The molecule has 4 rings (SSSR count). The Bertz CT molecular complexity index is 1000. The molecule has 2 saturated heterocycles. The summed E-state index contributed by atoms with van der Waals surface area (Å²) in [5.41, 5.74) is 0.220. The Morgan fingerprint density at radius 1 is 1.00 bits per heavy atom. The number of anilines is 1. The molecule has 190 valence electrons. The van der Waals surface area contributed by atoms with Crippen LogP contribution in [0.25, 0.3) is 0 Å². The van der Waals surface area contributed by atoms with Crippen molar-refractivity contribution in [2.45, 2.75) is 58.0 Å². The molecule has 1 unspecified atom stereocenters. The van der Waals surface area contributed by atoms with E-state index in [4.69, 9.17) is 14.2 Å². The molecule has 1 aromatic carbocycles. The minimum absolute atomic E-state index is 0.0241. The lowest BCUT2D eigenvalue weighted by Crippen LogP contribution is -2.54. The second-order valence-corrected chi connectivity index (χ2v) is 8.66. The van der Waals surface area contributed by atoms with Crippen LogP contribution < -0.4 is 10.2 Å². The molecule has 1 atom stereocenters. The van der Waals surface area contributed by atoms with Crippen LogP contribution in [0.15, 0.2) is 12.1 Å². The van der Waals surface area contributed by atoms with Crippen molar-refractivity contribution in [3.8, 4) is 0 Å². The summed E-state index contributed by atoms with van der Waals surface area (Å²) in [6.45, 7) is 6.14. The average molecular weight is 492 g/mol. The Hall–Kier alpha value is -2.89. The number of carbonyl (C=O) groups is 4. The maximum absolute atomic E-state index is 15.0. The highest BCUT2D eigenvalue weighted by atomic mass is 19.1. The molecule has 35 heavy (non-hydrogen) atoms. The summed E-state index contributed by atoms with van der Waals surface area (Å²) in [7, 11) is 0. The predicted octanol–water partition coefficient (Wildman–Crippen LogP) is 1.61. The average Bonchev–Trinajstić information content (AvgIpc) is 3.07. The molecule has 0 aliphatic carbocycles. The molecule has 3 aliphatic rings. The molecule has 10 nitrogen and oxygen atoms in total. The van der Waals surface area contributed by atoms with Gasteiger partial charge in [-0.1, -0.05) is 0 Å². The molecule has 0 saturated carbocycles. The van der Waals surface area contributed by atoms with Gasteiger partial charge in [0.1, 0.15) is 11.9 Å².